The summed E-state index contributed by atoms with van der Waals surface area (Å²) in [5.41, 5.74) is 17.3. The van der Waals surface area contributed by atoms with Gasteiger partial charge in [-0.15, -0.1) is 0 Å². The number of benzene rings is 3. The number of pyridine rings is 1. The average Bonchev–Trinajstić information content (AvgIpc) is 3.52. The summed E-state index contributed by atoms with van der Waals surface area (Å²) < 4.78 is 0. The number of fused-ring (bicyclic) bond motifs is 1. The van der Waals surface area contributed by atoms with E-state index >= 15 is 0 Å². The zero-order chi connectivity index (χ0) is 31.6. The number of nitrogens with zero attached hydrogens (tertiary/aromatic N) is 2. The van der Waals surface area contributed by atoms with E-state index in [0.717, 1.165) is 60.5 Å². The molecule has 5 N–H and O–H groups in total. The largest absolute Gasteiger partial charge is 0.374 e. The molecule has 2 fully saturated rings. The molecule has 0 radical (unpaired) electrons. The fourth-order valence-corrected chi connectivity index (χ4v) is 6.88. The smallest absolute Gasteiger partial charge is 0.249 e. The summed E-state index contributed by atoms with van der Waals surface area (Å²) in [6, 6.07) is 27.8. The molecule has 1 atom stereocenters. The summed E-state index contributed by atoms with van der Waals surface area (Å²) in [5, 5.41) is 6.79. The number of carbonyl (C=O) groups is 2. The van der Waals surface area contributed by atoms with Crippen LogP contribution in [0.4, 0.5) is 5.69 Å². The lowest BCUT2D eigenvalue weighted by atomic mass is 9.89. The van der Waals surface area contributed by atoms with Gasteiger partial charge in [0.2, 0.25) is 11.8 Å². The number of carbonyl (C=O) groups excluding carboxylic acids is 2. The van der Waals surface area contributed by atoms with Gasteiger partial charge in [-0.2, -0.15) is 0 Å². The van der Waals surface area contributed by atoms with Crippen molar-refractivity contribution < 1.29 is 9.59 Å². The standard InChI is InChI=1S/C38H40N6O2/c1-24-20-29(6-7-30(24)22-39)32-14-17-40-37-33(32)21-35(42-37)28-4-2-25(3-5-28)23-44-18-15-27(16-19-44)26-8-10-31(11-9-26)41-34-12-13-36(45)43-38(34)46/h2-11,14,17,20-21,27,34,41H,12-13,15-16,18-19,22-23,39H2,1H3,(H,40,42)(H,43,45,46). The van der Waals surface area contributed by atoms with Gasteiger partial charge < -0.3 is 16.0 Å². The lowest BCUT2D eigenvalue weighted by molar-refractivity contribution is -0.133. The van der Waals surface area contributed by atoms with Gasteiger partial charge in [-0.1, -0.05) is 54.6 Å². The Morgan fingerprint density at radius 3 is 2.39 bits per heavy atom. The highest BCUT2D eigenvalue weighted by atomic mass is 16.2. The van der Waals surface area contributed by atoms with Crippen LogP contribution in [0.1, 0.15) is 53.9 Å². The number of amides is 2. The van der Waals surface area contributed by atoms with E-state index in [4.69, 9.17) is 5.73 Å². The van der Waals surface area contributed by atoms with Crippen molar-refractivity contribution >= 4 is 28.5 Å². The van der Waals surface area contributed by atoms with Crippen LogP contribution in [0.5, 0.6) is 0 Å². The molecule has 2 aromatic heterocycles. The van der Waals surface area contributed by atoms with Crippen LogP contribution in [0.2, 0.25) is 0 Å². The third-order valence-electron chi connectivity index (χ3n) is 9.63. The van der Waals surface area contributed by atoms with E-state index in [1.807, 2.05) is 6.20 Å². The van der Waals surface area contributed by atoms with Crippen LogP contribution in [0.3, 0.4) is 0 Å². The highest BCUT2D eigenvalue weighted by molar-refractivity contribution is 6.01. The summed E-state index contributed by atoms with van der Waals surface area (Å²) in [4.78, 5) is 34.2. The lowest BCUT2D eigenvalue weighted by Crippen LogP contribution is -2.47. The Bertz CT molecular complexity index is 1870. The summed E-state index contributed by atoms with van der Waals surface area (Å²) in [6.07, 6.45) is 5.01. The fourth-order valence-electron chi connectivity index (χ4n) is 6.88. The molecule has 8 nitrogen and oxygen atoms in total. The van der Waals surface area contributed by atoms with Crippen LogP contribution in [0, 0.1) is 6.92 Å². The zero-order valence-corrected chi connectivity index (χ0v) is 26.2. The van der Waals surface area contributed by atoms with E-state index < -0.39 is 0 Å². The van der Waals surface area contributed by atoms with Crippen molar-refractivity contribution in [2.75, 3.05) is 18.4 Å². The summed E-state index contributed by atoms with van der Waals surface area (Å²) in [7, 11) is 0. The monoisotopic (exact) mass is 612 g/mol. The molecule has 8 heteroatoms. The second-order valence-corrected chi connectivity index (χ2v) is 12.7. The third-order valence-corrected chi connectivity index (χ3v) is 9.63. The van der Waals surface area contributed by atoms with Gasteiger partial charge in [0.15, 0.2) is 0 Å². The van der Waals surface area contributed by atoms with Crippen LogP contribution < -0.4 is 16.4 Å². The topological polar surface area (TPSA) is 116 Å². The first-order valence-electron chi connectivity index (χ1n) is 16.2. The third kappa shape index (κ3) is 6.32. The van der Waals surface area contributed by atoms with Gasteiger partial charge in [0.25, 0.3) is 0 Å². The van der Waals surface area contributed by atoms with Crippen LogP contribution in [0.15, 0.2) is 85.1 Å². The quantitative estimate of drug-likeness (QED) is 0.154. The molecule has 4 heterocycles. The number of aromatic amines is 1. The van der Waals surface area contributed by atoms with Gasteiger partial charge >= 0.3 is 0 Å². The number of aromatic nitrogens is 2. The number of rotatable bonds is 8. The number of anilines is 1. The molecule has 2 aliphatic heterocycles. The number of nitrogens with two attached hydrogens (primary N) is 1. The number of piperidine rings is 2. The van der Waals surface area contributed by atoms with Gasteiger partial charge in [-0.25, -0.2) is 4.98 Å². The van der Waals surface area contributed by atoms with Crippen molar-refractivity contribution in [3.63, 3.8) is 0 Å². The van der Waals surface area contributed by atoms with Gasteiger partial charge in [-0.3, -0.25) is 19.8 Å². The molecule has 2 saturated heterocycles. The number of hydrogen-bond donors (Lipinski definition) is 4. The Kier molecular flexibility index (Phi) is 8.39. The lowest BCUT2D eigenvalue weighted by Gasteiger charge is -2.32. The first kappa shape index (κ1) is 29.9. The SMILES string of the molecule is Cc1cc(-c2ccnc3[nH]c(-c4ccc(CN5CCC(c6ccc(NC7CCC(=O)NC7=O)cc6)CC5)cc4)cc23)ccc1CN. The summed E-state index contributed by atoms with van der Waals surface area (Å²) in [5.74, 6) is 0.0961. The molecule has 7 rings (SSSR count). The molecule has 46 heavy (non-hydrogen) atoms. The van der Waals surface area contributed by atoms with Crippen molar-refractivity contribution in [3.8, 4) is 22.4 Å². The van der Waals surface area contributed by atoms with Crippen LogP contribution in [0.25, 0.3) is 33.4 Å². The minimum absolute atomic E-state index is 0.194. The maximum absolute atomic E-state index is 12.1. The maximum atomic E-state index is 12.1. The van der Waals surface area contributed by atoms with E-state index in [9.17, 15) is 9.59 Å². The Hall–Kier alpha value is -4.79. The van der Waals surface area contributed by atoms with Gasteiger partial charge in [0.05, 0.1) is 0 Å². The minimum atomic E-state index is -0.358. The number of likely N-dealkylation sites (tertiary alicyclic amines) is 1. The second-order valence-electron chi connectivity index (χ2n) is 12.7. The van der Waals surface area contributed by atoms with Crippen molar-refractivity contribution in [3.05, 3.63) is 107 Å². The normalized spacial score (nSPS) is 17.7. The Balaban J connectivity index is 0.953. The molecule has 2 aliphatic rings. The van der Waals surface area contributed by atoms with Crippen LogP contribution >= 0.6 is 0 Å². The van der Waals surface area contributed by atoms with E-state index in [1.54, 1.807) is 0 Å². The van der Waals surface area contributed by atoms with E-state index in [-0.39, 0.29) is 17.9 Å². The molecule has 234 valence electrons. The Morgan fingerprint density at radius 1 is 0.913 bits per heavy atom. The van der Waals surface area contributed by atoms with Crippen molar-refractivity contribution in [2.45, 2.75) is 57.7 Å². The van der Waals surface area contributed by atoms with Gasteiger partial charge in [0, 0.05) is 42.5 Å². The van der Waals surface area contributed by atoms with Crippen molar-refractivity contribution in [1.82, 2.24) is 20.2 Å². The van der Waals surface area contributed by atoms with Gasteiger partial charge in [-0.05, 0) is 108 Å². The Morgan fingerprint density at radius 2 is 1.67 bits per heavy atom. The first-order chi connectivity index (χ1) is 22.4. The Labute approximate surface area is 269 Å². The predicted octanol–water partition coefficient (Wildman–Crippen LogP) is 6.26. The fraction of sp³-hybridized carbons (Fsp3) is 0.289. The molecule has 0 saturated carbocycles. The van der Waals surface area contributed by atoms with E-state index in [0.29, 0.717) is 25.3 Å². The number of nitrogens with one attached hydrogen (secondary N) is 3. The number of H-pyrrole nitrogens is 1. The maximum Gasteiger partial charge on any atom is 0.249 e. The number of imide groups is 1. The molecule has 5 aromatic rings. The number of aryl methyl sites for hydroxylation is 1. The van der Waals surface area contributed by atoms with Crippen molar-refractivity contribution in [1.29, 1.82) is 0 Å². The summed E-state index contributed by atoms with van der Waals surface area (Å²) in [6.45, 7) is 5.72. The number of hydrogen-bond acceptors (Lipinski definition) is 6. The minimum Gasteiger partial charge on any atom is -0.374 e. The van der Waals surface area contributed by atoms with E-state index in [2.05, 4.69) is 111 Å². The molecule has 0 spiro atoms. The molecule has 0 bridgehead atoms. The molecule has 0 aliphatic carbocycles. The predicted molar refractivity (Wildman–Crippen MR) is 183 cm³/mol. The van der Waals surface area contributed by atoms with Crippen LogP contribution in [-0.4, -0.2) is 45.8 Å². The summed E-state index contributed by atoms with van der Waals surface area (Å²) >= 11 is 0. The van der Waals surface area contributed by atoms with Crippen molar-refractivity contribution in [2.24, 2.45) is 5.73 Å². The highest BCUT2D eigenvalue weighted by Crippen LogP contribution is 2.33. The molecular formula is C38H40N6O2. The highest BCUT2D eigenvalue weighted by Gasteiger charge is 2.26. The molecule has 2 amide bonds. The van der Waals surface area contributed by atoms with Crippen LogP contribution in [-0.2, 0) is 22.7 Å². The van der Waals surface area contributed by atoms with Gasteiger partial charge in [0.1, 0.15) is 11.7 Å². The zero-order valence-electron chi connectivity index (χ0n) is 26.2. The molecular weight excluding hydrogens is 572 g/mol. The average molecular weight is 613 g/mol. The van der Waals surface area contributed by atoms with E-state index in [1.165, 1.54) is 33.4 Å². The first-order valence-corrected chi connectivity index (χ1v) is 16.2. The second kappa shape index (κ2) is 12.9. The molecule has 3 aromatic carbocycles. The molecule has 1 unspecified atom stereocenters.